The predicted octanol–water partition coefficient (Wildman–Crippen LogP) is 3.68. The zero-order valence-corrected chi connectivity index (χ0v) is 12.2. The molecule has 0 spiro atoms. The summed E-state index contributed by atoms with van der Waals surface area (Å²) >= 11 is 0. The van der Waals surface area contributed by atoms with Crippen LogP contribution in [0.25, 0.3) is 0 Å². The molecule has 0 bridgehead atoms. The van der Waals surface area contributed by atoms with Crippen LogP contribution in [-0.2, 0) is 17.1 Å². The first-order valence-corrected chi connectivity index (χ1v) is 6.32. The Balaban J connectivity index is 0.000000283. The zero-order valence-electron chi connectivity index (χ0n) is 11.1. The number of ketones is 1. The molecule has 0 atom stereocenters. The fourth-order valence-electron chi connectivity index (χ4n) is 1.76. The molecule has 2 aliphatic carbocycles. The molecule has 0 saturated heterocycles. The number of Topliss-reactive ketones (excluding diaryl/α,β-unsaturated/α-hetero) is 1. The summed E-state index contributed by atoms with van der Waals surface area (Å²) in [4.78, 5) is 11.7. The van der Waals surface area contributed by atoms with Gasteiger partial charge in [-0.1, -0.05) is 30.3 Å². The Labute approximate surface area is 134 Å². The van der Waals surface area contributed by atoms with Gasteiger partial charge in [-0.25, -0.2) is 0 Å². The summed E-state index contributed by atoms with van der Waals surface area (Å²) in [6, 6.07) is 9.40. The third-order valence-corrected chi connectivity index (χ3v) is 2.75. The van der Waals surface area contributed by atoms with Gasteiger partial charge in [0.05, 0.1) is 0 Å². The summed E-state index contributed by atoms with van der Waals surface area (Å²) < 4.78 is 0. The molecular formula is C18H16FeO+2. The van der Waals surface area contributed by atoms with Crippen molar-refractivity contribution in [2.45, 2.75) is 6.42 Å². The van der Waals surface area contributed by atoms with Gasteiger partial charge in [0.15, 0.2) is 5.78 Å². The minimum atomic E-state index is 0. The minimum Gasteiger partial charge on any atom is -0.294 e. The first kappa shape index (κ1) is 17.5. The van der Waals surface area contributed by atoms with Crippen molar-refractivity contribution in [3.63, 3.8) is 0 Å². The maximum Gasteiger partial charge on any atom is 2.00 e. The van der Waals surface area contributed by atoms with Crippen LogP contribution in [-0.4, -0.2) is 5.78 Å². The second-order valence-corrected chi connectivity index (χ2v) is 4.22. The standard InChI is InChI=1S/C13H11O.C5H5.Fe/c14-13(10-11-6-4-5-7-11)12-8-2-1-3-9-12;1-2-4-5-3-1;/h1-9H,10H2;1-5H;/q;;+2. The first-order valence-electron chi connectivity index (χ1n) is 6.32. The van der Waals surface area contributed by atoms with Crippen molar-refractivity contribution in [3.05, 3.63) is 99.6 Å². The molecule has 0 amide bonds. The van der Waals surface area contributed by atoms with Crippen LogP contribution in [0, 0.1) is 63.7 Å². The smallest absolute Gasteiger partial charge is 0.294 e. The van der Waals surface area contributed by atoms with Crippen LogP contribution < -0.4 is 0 Å². The predicted molar refractivity (Wildman–Crippen MR) is 77.3 cm³/mol. The molecule has 100 valence electrons. The number of hydrogen-bond donors (Lipinski definition) is 0. The molecule has 10 radical (unpaired) electrons. The number of rotatable bonds is 3. The Hall–Kier alpha value is -0.591. The van der Waals surface area contributed by atoms with E-state index in [1.54, 1.807) is 0 Å². The van der Waals surface area contributed by atoms with Crippen LogP contribution in [0.15, 0.2) is 30.3 Å². The Morgan fingerprint density at radius 2 is 1.25 bits per heavy atom. The quantitative estimate of drug-likeness (QED) is 0.615. The summed E-state index contributed by atoms with van der Waals surface area (Å²) in [5.74, 6) is 1.26. The molecule has 2 heteroatoms. The van der Waals surface area contributed by atoms with E-state index in [-0.39, 0.29) is 22.9 Å². The second-order valence-electron chi connectivity index (χ2n) is 4.22. The molecule has 0 aromatic heterocycles. The molecule has 1 aromatic rings. The van der Waals surface area contributed by atoms with Gasteiger partial charge in [0.2, 0.25) is 0 Å². The van der Waals surface area contributed by atoms with Gasteiger partial charge in [0.25, 0.3) is 0 Å². The maximum absolute atomic E-state index is 11.7. The minimum absolute atomic E-state index is 0. The third kappa shape index (κ3) is 6.24. The Morgan fingerprint density at radius 1 is 0.750 bits per heavy atom. The Kier molecular flexibility index (Phi) is 8.89. The summed E-state index contributed by atoms with van der Waals surface area (Å²) in [6.07, 6.45) is 18.3. The van der Waals surface area contributed by atoms with Gasteiger partial charge in [0.1, 0.15) is 0 Å². The molecule has 1 aromatic carbocycles. The first-order chi connectivity index (χ1) is 9.36. The van der Waals surface area contributed by atoms with E-state index in [0.717, 1.165) is 11.5 Å². The van der Waals surface area contributed by atoms with E-state index in [4.69, 9.17) is 0 Å². The van der Waals surface area contributed by atoms with Crippen LogP contribution >= 0.6 is 0 Å². The van der Waals surface area contributed by atoms with E-state index in [1.165, 1.54) is 0 Å². The van der Waals surface area contributed by atoms with Crippen LogP contribution in [0.5, 0.6) is 0 Å². The number of hydrogen-bond acceptors (Lipinski definition) is 1. The molecular weight excluding hydrogens is 288 g/mol. The monoisotopic (exact) mass is 304 g/mol. The van der Waals surface area contributed by atoms with E-state index in [0.29, 0.717) is 6.42 Å². The Morgan fingerprint density at radius 3 is 1.75 bits per heavy atom. The number of carbonyl (C=O) groups is 1. The molecule has 2 aliphatic rings. The molecule has 0 unspecified atom stereocenters. The summed E-state index contributed by atoms with van der Waals surface area (Å²) in [5, 5.41) is 0. The van der Waals surface area contributed by atoms with Crippen molar-refractivity contribution in [2.24, 2.45) is 0 Å². The van der Waals surface area contributed by atoms with Gasteiger partial charge in [-0.2, -0.15) is 0 Å². The molecule has 2 fully saturated rings. The van der Waals surface area contributed by atoms with Crippen molar-refractivity contribution in [1.29, 1.82) is 0 Å². The van der Waals surface area contributed by atoms with Crippen LogP contribution in [0.2, 0.25) is 0 Å². The summed E-state index contributed by atoms with van der Waals surface area (Å²) in [6.45, 7) is 0. The molecule has 3 rings (SSSR count). The van der Waals surface area contributed by atoms with Crippen molar-refractivity contribution < 1.29 is 21.9 Å². The molecule has 2 saturated carbocycles. The van der Waals surface area contributed by atoms with E-state index < -0.39 is 0 Å². The topological polar surface area (TPSA) is 17.1 Å². The van der Waals surface area contributed by atoms with Crippen molar-refractivity contribution in [3.8, 4) is 0 Å². The number of carbonyl (C=O) groups excluding carboxylic acids is 1. The molecule has 0 heterocycles. The average Bonchev–Trinajstić information content (AvgIpc) is 3.15. The SMILES string of the molecule is O=C(C[C]1[CH][CH][CH][CH]1)c1ccccc1.[CH]1[CH][CH][CH][CH]1.[Fe+2]. The van der Waals surface area contributed by atoms with E-state index in [2.05, 4.69) is 0 Å². The van der Waals surface area contributed by atoms with Gasteiger partial charge in [-0.3, -0.25) is 4.79 Å². The van der Waals surface area contributed by atoms with E-state index >= 15 is 0 Å². The second kappa shape index (κ2) is 10.2. The Bertz CT molecular complexity index is 357. The molecule has 0 aliphatic heterocycles. The number of benzene rings is 1. The summed E-state index contributed by atoms with van der Waals surface area (Å²) in [5.41, 5.74) is 0.786. The van der Waals surface area contributed by atoms with Gasteiger partial charge in [-0.05, 0) is 63.7 Å². The van der Waals surface area contributed by atoms with Crippen LogP contribution in [0.3, 0.4) is 0 Å². The van der Waals surface area contributed by atoms with Crippen molar-refractivity contribution >= 4 is 5.78 Å². The van der Waals surface area contributed by atoms with Crippen LogP contribution in [0.4, 0.5) is 0 Å². The summed E-state index contributed by atoms with van der Waals surface area (Å²) in [7, 11) is 0. The largest absolute Gasteiger partial charge is 2.00 e. The van der Waals surface area contributed by atoms with Crippen molar-refractivity contribution in [1.82, 2.24) is 0 Å². The average molecular weight is 304 g/mol. The zero-order chi connectivity index (χ0) is 13.3. The molecule has 0 N–H and O–H groups in total. The van der Waals surface area contributed by atoms with Crippen LogP contribution in [0.1, 0.15) is 16.8 Å². The van der Waals surface area contributed by atoms with Gasteiger partial charge in [-0.15, -0.1) is 0 Å². The normalized spacial score (nSPS) is 18.0. The van der Waals surface area contributed by atoms with Gasteiger partial charge in [0, 0.05) is 12.0 Å². The van der Waals surface area contributed by atoms with Crippen molar-refractivity contribution in [2.75, 3.05) is 0 Å². The van der Waals surface area contributed by atoms with Gasteiger partial charge >= 0.3 is 17.1 Å². The third-order valence-electron chi connectivity index (χ3n) is 2.75. The fourth-order valence-corrected chi connectivity index (χ4v) is 1.76. The molecule has 20 heavy (non-hydrogen) atoms. The maximum atomic E-state index is 11.7. The van der Waals surface area contributed by atoms with E-state index in [1.807, 2.05) is 88.1 Å². The van der Waals surface area contributed by atoms with E-state index in [9.17, 15) is 4.79 Å². The fraction of sp³-hybridized carbons (Fsp3) is 0.0556. The van der Waals surface area contributed by atoms with Gasteiger partial charge < -0.3 is 0 Å². The molecule has 1 nitrogen and oxygen atoms in total.